The Kier molecular flexibility index (Phi) is 5.37. The number of anilines is 1. The number of benzene rings is 1. The number of sulfonamides is 1. The third kappa shape index (κ3) is 4.04. The lowest BCUT2D eigenvalue weighted by Gasteiger charge is -2.11. The summed E-state index contributed by atoms with van der Waals surface area (Å²) < 4.78 is 22.6. The average Bonchev–Trinajstić information content (AvgIpc) is 3.05. The molecule has 146 valence electrons. The van der Waals surface area contributed by atoms with Crippen LogP contribution in [0.25, 0.3) is 10.2 Å². The summed E-state index contributed by atoms with van der Waals surface area (Å²) in [6, 6.07) is 5.76. The first-order chi connectivity index (χ1) is 13.4. The zero-order valence-corrected chi connectivity index (χ0v) is 17.3. The van der Waals surface area contributed by atoms with E-state index < -0.39 is 10.0 Å². The van der Waals surface area contributed by atoms with Crippen molar-refractivity contribution in [3.63, 3.8) is 0 Å². The first-order valence-corrected chi connectivity index (χ1v) is 12.1. The molecule has 0 radical (unpaired) electrons. The van der Waals surface area contributed by atoms with Gasteiger partial charge in [0.05, 0.1) is 10.6 Å². The summed E-state index contributed by atoms with van der Waals surface area (Å²) in [5, 5.41) is 9.77. The van der Waals surface area contributed by atoms with Crippen molar-refractivity contribution in [2.24, 2.45) is 5.14 Å². The van der Waals surface area contributed by atoms with Crippen LogP contribution in [0, 0.1) is 0 Å². The summed E-state index contributed by atoms with van der Waals surface area (Å²) in [6.07, 6.45) is 6.07. The number of hydrogen-bond acceptors (Lipinski definition) is 7. The summed E-state index contributed by atoms with van der Waals surface area (Å²) in [6.45, 7) is 0. The summed E-state index contributed by atoms with van der Waals surface area (Å²) in [7, 11) is -3.75. The number of nitrogens with one attached hydrogen (secondary N) is 1. The minimum atomic E-state index is -3.75. The van der Waals surface area contributed by atoms with Gasteiger partial charge in [-0.05, 0) is 55.5 Å². The SMILES string of the molecule is NS(=O)(=O)c1ccc(NC(=O)CSc2ncnc3sc4c(c23)CCCC4)cc1. The van der Waals surface area contributed by atoms with E-state index in [1.807, 2.05) is 0 Å². The topological polar surface area (TPSA) is 115 Å². The largest absolute Gasteiger partial charge is 0.325 e. The van der Waals surface area contributed by atoms with E-state index >= 15 is 0 Å². The van der Waals surface area contributed by atoms with Gasteiger partial charge in [0.2, 0.25) is 15.9 Å². The Morgan fingerprint density at radius 3 is 2.68 bits per heavy atom. The molecule has 1 aliphatic rings. The molecule has 2 aromatic heterocycles. The van der Waals surface area contributed by atoms with Crippen molar-refractivity contribution in [3.8, 4) is 0 Å². The molecule has 0 saturated heterocycles. The van der Waals surface area contributed by atoms with Crippen LogP contribution in [-0.4, -0.2) is 30.0 Å². The van der Waals surface area contributed by atoms with E-state index in [1.165, 1.54) is 59.3 Å². The molecule has 0 spiro atoms. The lowest BCUT2D eigenvalue weighted by Crippen LogP contribution is -2.15. The van der Waals surface area contributed by atoms with E-state index in [0.717, 1.165) is 28.1 Å². The number of thiophene rings is 1. The molecule has 0 atom stereocenters. The molecule has 3 aromatic rings. The van der Waals surface area contributed by atoms with Gasteiger partial charge < -0.3 is 5.32 Å². The normalized spacial score (nSPS) is 14.0. The second kappa shape index (κ2) is 7.78. The minimum absolute atomic E-state index is 0.00508. The predicted molar refractivity (Wildman–Crippen MR) is 111 cm³/mol. The Morgan fingerprint density at radius 1 is 1.18 bits per heavy atom. The van der Waals surface area contributed by atoms with Crippen LogP contribution in [0.4, 0.5) is 5.69 Å². The van der Waals surface area contributed by atoms with Crippen molar-refractivity contribution in [2.75, 3.05) is 11.1 Å². The molecule has 0 bridgehead atoms. The number of amides is 1. The van der Waals surface area contributed by atoms with Crippen molar-refractivity contribution < 1.29 is 13.2 Å². The molecule has 10 heteroatoms. The van der Waals surface area contributed by atoms with Crippen LogP contribution < -0.4 is 10.5 Å². The van der Waals surface area contributed by atoms with E-state index in [-0.39, 0.29) is 16.6 Å². The lowest BCUT2D eigenvalue weighted by atomic mass is 9.97. The molecule has 1 aromatic carbocycles. The van der Waals surface area contributed by atoms with E-state index in [9.17, 15) is 13.2 Å². The molecule has 28 heavy (non-hydrogen) atoms. The van der Waals surface area contributed by atoms with Gasteiger partial charge in [-0.1, -0.05) is 11.8 Å². The Morgan fingerprint density at radius 2 is 1.93 bits per heavy atom. The fourth-order valence-corrected chi connectivity index (χ4v) is 5.86. The molecule has 0 saturated carbocycles. The Balaban J connectivity index is 1.46. The predicted octanol–water partition coefficient (Wildman–Crippen LogP) is 2.95. The van der Waals surface area contributed by atoms with Crippen LogP contribution in [0.5, 0.6) is 0 Å². The van der Waals surface area contributed by atoms with Crippen LogP contribution in [-0.2, 0) is 27.7 Å². The first kappa shape index (κ1) is 19.3. The number of fused-ring (bicyclic) bond motifs is 3. The average molecular weight is 435 g/mol. The van der Waals surface area contributed by atoms with Crippen molar-refractivity contribution in [1.29, 1.82) is 0 Å². The molecule has 0 fully saturated rings. The van der Waals surface area contributed by atoms with Gasteiger partial charge in [-0.15, -0.1) is 11.3 Å². The second-order valence-corrected chi connectivity index (χ2v) is 10.1. The maximum absolute atomic E-state index is 12.3. The van der Waals surface area contributed by atoms with E-state index in [4.69, 9.17) is 5.14 Å². The number of rotatable bonds is 5. The van der Waals surface area contributed by atoms with Crippen molar-refractivity contribution in [3.05, 3.63) is 41.0 Å². The highest BCUT2D eigenvalue weighted by Crippen LogP contribution is 2.39. The van der Waals surface area contributed by atoms with Crippen LogP contribution >= 0.6 is 23.1 Å². The number of primary sulfonamides is 1. The maximum atomic E-state index is 12.3. The highest BCUT2D eigenvalue weighted by molar-refractivity contribution is 8.00. The molecule has 0 unspecified atom stereocenters. The quantitative estimate of drug-likeness (QED) is 0.471. The minimum Gasteiger partial charge on any atom is -0.325 e. The number of carbonyl (C=O) groups excluding carboxylic acids is 1. The number of aromatic nitrogens is 2. The molecule has 0 aliphatic heterocycles. The Bertz CT molecular complexity index is 1140. The highest BCUT2D eigenvalue weighted by Gasteiger charge is 2.20. The fraction of sp³-hybridized carbons (Fsp3) is 0.278. The van der Waals surface area contributed by atoms with Gasteiger partial charge >= 0.3 is 0 Å². The van der Waals surface area contributed by atoms with Gasteiger partial charge in [0.1, 0.15) is 16.2 Å². The maximum Gasteiger partial charge on any atom is 0.238 e. The monoisotopic (exact) mass is 434 g/mol. The molecule has 1 amide bonds. The Hall–Kier alpha value is -2.01. The standard InChI is InChI=1S/C18H18N4O3S3/c19-28(24,25)12-7-5-11(6-8-12)22-15(23)9-26-17-16-13-3-1-2-4-14(13)27-18(16)21-10-20-17/h5-8,10H,1-4,9H2,(H,22,23)(H2,19,24,25). The molecule has 4 rings (SSSR count). The van der Waals surface area contributed by atoms with E-state index in [1.54, 1.807) is 17.7 Å². The summed E-state index contributed by atoms with van der Waals surface area (Å²) in [5.41, 5.74) is 1.85. The number of nitrogens with two attached hydrogens (primary N) is 1. The smallest absolute Gasteiger partial charge is 0.238 e. The Labute approximate surface area is 170 Å². The number of thioether (sulfide) groups is 1. The molecule has 1 aliphatic carbocycles. The van der Waals surface area contributed by atoms with Gasteiger partial charge in [-0.3, -0.25) is 4.79 Å². The highest BCUT2D eigenvalue weighted by atomic mass is 32.2. The molecule has 7 nitrogen and oxygen atoms in total. The van der Waals surface area contributed by atoms with Crippen molar-refractivity contribution in [1.82, 2.24) is 9.97 Å². The van der Waals surface area contributed by atoms with Crippen molar-refractivity contribution in [2.45, 2.75) is 35.6 Å². The number of nitrogens with zero attached hydrogens (tertiary/aromatic N) is 2. The van der Waals surface area contributed by atoms with E-state index in [2.05, 4.69) is 15.3 Å². The van der Waals surface area contributed by atoms with Crippen LogP contribution in [0.3, 0.4) is 0 Å². The van der Waals surface area contributed by atoms with Crippen LogP contribution in [0.15, 0.2) is 40.5 Å². The first-order valence-electron chi connectivity index (χ1n) is 8.72. The van der Waals surface area contributed by atoms with Gasteiger partial charge in [0.15, 0.2) is 0 Å². The van der Waals surface area contributed by atoms with Gasteiger partial charge in [-0.2, -0.15) is 0 Å². The van der Waals surface area contributed by atoms with Crippen LogP contribution in [0.2, 0.25) is 0 Å². The number of hydrogen-bond donors (Lipinski definition) is 2. The van der Waals surface area contributed by atoms with Gasteiger partial charge in [0, 0.05) is 16.0 Å². The molecular formula is C18H18N4O3S3. The summed E-state index contributed by atoms with van der Waals surface area (Å²) in [5.74, 6) is 0.0115. The zero-order valence-electron chi connectivity index (χ0n) is 14.8. The van der Waals surface area contributed by atoms with Gasteiger partial charge in [0.25, 0.3) is 0 Å². The third-order valence-electron chi connectivity index (χ3n) is 4.52. The summed E-state index contributed by atoms with van der Waals surface area (Å²) in [4.78, 5) is 23.5. The second-order valence-electron chi connectivity index (χ2n) is 6.48. The van der Waals surface area contributed by atoms with Crippen molar-refractivity contribution >= 4 is 54.9 Å². The van der Waals surface area contributed by atoms with E-state index in [0.29, 0.717) is 5.69 Å². The number of carbonyl (C=O) groups is 1. The third-order valence-corrected chi connectivity index (χ3v) is 7.64. The lowest BCUT2D eigenvalue weighted by molar-refractivity contribution is -0.113. The fourth-order valence-electron chi connectivity index (χ4n) is 3.23. The van der Waals surface area contributed by atoms with Crippen LogP contribution in [0.1, 0.15) is 23.3 Å². The number of aryl methyl sites for hydroxylation is 2. The molecule has 2 heterocycles. The molecule has 3 N–H and O–H groups in total. The van der Waals surface area contributed by atoms with Gasteiger partial charge in [-0.25, -0.2) is 23.5 Å². The zero-order chi connectivity index (χ0) is 19.7. The summed E-state index contributed by atoms with van der Waals surface area (Å²) >= 11 is 3.12. The molecular weight excluding hydrogens is 416 g/mol.